The summed E-state index contributed by atoms with van der Waals surface area (Å²) in [6, 6.07) is 9.72. The molecule has 1 heterocycles. The highest BCUT2D eigenvalue weighted by Crippen LogP contribution is 2.13. The summed E-state index contributed by atoms with van der Waals surface area (Å²) in [5, 5.41) is 5.73. The fourth-order valence-corrected chi connectivity index (χ4v) is 1.79. The number of hydrogen-bond donors (Lipinski definition) is 2. The zero-order valence-electron chi connectivity index (χ0n) is 13.4. The molecule has 0 aliphatic rings. The van der Waals surface area contributed by atoms with Crippen molar-refractivity contribution in [3.8, 4) is 0 Å². The maximum absolute atomic E-state index is 12.8. The molecule has 1 aromatic carbocycles. The van der Waals surface area contributed by atoms with Crippen LogP contribution in [0, 0.1) is 5.82 Å². The first kappa shape index (κ1) is 16.7. The normalized spacial score (nSPS) is 11.0. The van der Waals surface area contributed by atoms with Crippen molar-refractivity contribution < 1.29 is 13.9 Å². The quantitative estimate of drug-likeness (QED) is 0.888. The van der Waals surface area contributed by atoms with Gasteiger partial charge in [0.1, 0.15) is 17.2 Å². The van der Waals surface area contributed by atoms with Crippen molar-refractivity contribution >= 4 is 17.6 Å². The standard InChI is InChI=1S/C17H20FN3O2/c1-17(2,3)23-16(22)21-14-8-9-15(20-11-14)19-10-12-4-6-13(18)7-5-12/h4-9,11H,10H2,1-3H3,(H,19,20)(H,21,22). The Hall–Kier alpha value is -2.63. The summed E-state index contributed by atoms with van der Waals surface area (Å²) in [5.74, 6) is 0.397. The SMILES string of the molecule is CC(C)(C)OC(=O)Nc1ccc(NCc2ccc(F)cc2)nc1. The maximum atomic E-state index is 12.8. The van der Waals surface area contributed by atoms with Gasteiger partial charge in [-0.25, -0.2) is 14.2 Å². The summed E-state index contributed by atoms with van der Waals surface area (Å²) in [6.45, 7) is 5.93. The first-order valence-electron chi connectivity index (χ1n) is 7.26. The number of aromatic nitrogens is 1. The molecule has 0 unspecified atom stereocenters. The molecule has 0 bridgehead atoms. The van der Waals surface area contributed by atoms with Crippen LogP contribution in [0.4, 0.5) is 20.7 Å². The van der Waals surface area contributed by atoms with E-state index in [0.717, 1.165) is 5.56 Å². The molecule has 122 valence electrons. The summed E-state index contributed by atoms with van der Waals surface area (Å²) in [6.07, 6.45) is 1.02. The number of ether oxygens (including phenoxy) is 1. The van der Waals surface area contributed by atoms with Crippen LogP contribution in [0.15, 0.2) is 42.6 Å². The van der Waals surface area contributed by atoms with Gasteiger partial charge in [0.25, 0.3) is 0 Å². The van der Waals surface area contributed by atoms with Gasteiger partial charge in [-0.05, 0) is 50.6 Å². The number of anilines is 2. The number of nitrogens with zero attached hydrogens (tertiary/aromatic N) is 1. The first-order chi connectivity index (χ1) is 10.8. The molecule has 0 aliphatic heterocycles. The smallest absolute Gasteiger partial charge is 0.412 e. The van der Waals surface area contributed by atoms with Crippen molar-refractivity contribution in [2.45, 2.75) is 32.9 Å². The van der Waals surface area contributed by atoms with Gasteiger partial charge in [0.15, 0.2) is 0 Å². The highest BCUT2D eigenvalue weighted by Gasteiger charge is 2.16. The second-order valence-corrected chi connectivity index (χ2v) is 6.04. The number of hydrogen-bond acceptors (Lipinski definition) is 4. The van der Waals surface area contributed by atoms with E-state index >= 15 is 0 Å². The van der Waals surface area contributed by atoms with Crippen LogP contribution >= 0.6 is 0 Å². The molecule has 0 saturated carbocycles. The maximum Gasteiger partial charge on any atom is 0.412 e. The summed E-state index contributed by atoms with van der Waals surface area (Å²) < 4.78 is 18.0. The molecule has 0 saturated heterocycles. The van der Waals surface area contributed by atoms with E-state index in [-0.39, 0.29) is 5.82 Å². The lowest BCUT2D eigenvalue weighted by molar-refractivity contribution is 0.0636. The highest BCUT2D eigenvalue weighted by atomic mass is 19.1. The number of amides is 1. The molecule has 0 aliphatic carbocycles. The second kappa shape index (κ2) is 7.09. The van der Waals surface area contributed by atoms with E-state index in [1.54, 1.807) is 45.0 Å². The highest BCUT2D eigenvalue weighted by molar-refractivity contribution is 5.84. The van der Waals surface area contributed by atoms with Gasteiger partial charge in [0.05, 0.1) is 11.9 Å². The van der Waals surface area contributed by atoms with E-state index < -0.39 is 11.7 Å². The van der Waals surface area contributed by atoms with Gasteiger partial charge in [0, 0.05) is 6.54 Å². The molecule has 2 N–H and O–H groups in total. The van der Waals surface area contributed by atoms with Crippen molar-refractivity contribution in [3.05, 3.63) is 54.0 Å². The molecule has 1 aromatic heterocycles. The van der Waals surface area contributed by atoms with E-state index in [4.69, 9.17) is 4.74 Å². The molecule has 2 rings (SSSR count). The van der Waals surface area contributed by atoms with Crippen LogP contribution in [0.3, 0.4) is 0 Å². The fraction of sp³-hybridized carbons (Fsp3) is 0.294. The predicted octanol–water partition coefficient (Wildman–Crippen LogP) is 4.18. The van der Waals surface area contributed by atoms with Gasteiger partial charge in [-0.2, -0.15) is 0 Å². The minimum atomic E-state index is -0.547. The van der Waals surface area contributed by atoms with Gasteiger partial charge in [0.2, 0.25) is 0 Å². The summed E-state index contributed by atoms with van der Waals surface area (Å²) in [4.78, 5) is 15.8. The third kappa shape index (κ3) is 5.94. The Morgan fingerprint density at radius 1 is 1.17 bits per heavy atom. The van der Waals surface area contributed by atoms with Gasteiger partial charge in [-0.15, -0.1) is 0 Å². The molecule has 0 atom stereocenters. The summed E-state index contributed by atoms with van der Waals surface area (Å²) >= 11 is 0. The zero-order chi connectivity index (χ0) is 16.9. The van der Waals surface area contributed by atoms with E-state index in [2.05, 4.69) is 15.6 Å². The molecular formula is C17H20FN3O2. The Kier molecular flexibility index (Phi) is 5.16. The van der Waals surface area contributed by atoms with E-state index in [1.165, 1.54) is 18.3 Å². The minimum Gasteiger partial charge on any atom is -0.444 e. The molecule has 0 spiro atoms. The van der Waals surface area contributed by atoms with Crippen molar-refractivity contribution in [2.24, 2.45) is 0 Å². The zero-order valence-corrected chi connectivity index (χ0v) is 13.4. The first-order valence-corrected chi connectivity index (χ1v) is 7.26. The third-order valence-corrected chi connectivity index (χ3v) is 2.80. The van der Waals surface area contributed by atoms with Crippen molar-refractivity contribution in [2.75, 3.05) is 10.6 Å². The van der Waals surface area contributed by atoms with Crippen LogP contribution in [0.25, 0.3) is 0 Å². The van der Waals surface area contributed by atoms with E-state index in [0.29, 0.717) is 18.1 Å². The number of carbonyl (C=O) groups is 1. The minimum absolute atomic E-state index is 0.260. The Morgan fingerprint density at radius 3 is 2.43 bits per heavy atom. The molecule has 5 nitrogen and oxygen atoms in total. The lowest BCUT2D eigenvalue weighted by Gasteiger charge is -2.19. The lowest BCUT2D eigenvalue weighted by Crippen LogP contribution is -2.27. The number of rotatable bonds is 4. The Balaban J connectivity index is 1.87. The number of pyridine rings is 1. The topological polar surface area (TPSA) is 63.2 Å². The summed E-state index contributed by atoms with van der Waals surface area (Å²) in [5.41, 5.74) is 0.949. The van der Waals surface area contributed by atoms with Gasteiger partial charge in [-0.3, -0.25) is 5.32 Å². The number of nitrogens with one attached hydrogen (secondary N) is 2. The molecule has 6 heteroatoms. The Labute approximate surface area is 134 Å². The number of carbonyl (C=O) groups excluding carboxylic acids is 1. The van der Waals surface area contributed by atoms with Gasteiger partial charge in [-0.1, -0.05) is 12.1 Å². The Bertz CT molecular complexity index is 649. The molecule has 23 heavy (non-hydrogen) atoms. The van der Waals surface area contributed by atoms with Crippen LogP contribution < -0.4 is 10.6 Å². The monoisotopic (exact) mass is 317 g/mol. The Morgan fingerprint density at radius 2 is 1.87 bits per heavy atom. The molecule has 2 aromatic rings. The second-order valence-electron chi connectivity index (χ2n) is 6.04. The molecule has 1 amide bonds. The lowest BCUT2D eigenvalue weighted by atomic mass is 10.2. The number of halogens is 1. The average Bonchev–Trinajstić information content (AvgIpc) is 2.46. The molecule has 0 fully saturated rings. The van der Waals surface area contributed by atoms with Gasteiger partial charge >= 0.3 is 6.09 Å². The van der Waals surface area contributed by atoms with Crippen LogP contribution in [0.1, 0.15) is 26.3 Å². The third-order valence-electron chi connectivity index (χ3n) is 2.80. The van der Waals surface area contributed by atoms with Gasteiger partial charge < -0.3 is 10.1 Å². The molecule has 0 radical (unpaired) electrons. The fourth-order valence-electron chi connectivity index (χ4n) is 1.79. The largest absolute Gasteiger partial charge is 0.444 e. The molecular weight excluding hydrogens is 297 g/mol. The van der Waals surface area contributed by atoms with Crippen molar-refractivity contribution in [1.82, 2.24) is 4.98 Å². The van der Waals surface area contributed by atoms with Crippen molar-refractivity contribution in [3.63, 3.8) is 0 Å². The summed E-state index contributed by atoms with van der Waals surface area (Å²) in [7, 11) is 0. The predicted molar refractivity (Wildman–Crippen MR) is 87.8 cm³/mol. The number of benzene rings is 1. The average molecular weight is 317 g/mol. The van der Waals surface area contributed by atoms with E-state index in [9.17, 15) is 9.18 Å². The van der Waals surface area contributed by atoms with Crippen LogP contribution in [0.5, 0.6) is 0 Å². The van der Waals surface area contributed by atoms with Crippen LogP contribution in [0.2, 0.25) is 0 Å². The van der Waals surface area contributed by atoms with Crippen LogP contribution in [-0.4, -0.2) is 16.7 Å². The van der Waals surface area contributed by atoms with Crippen molar-refractivity contribution in [1.29, 1.82) is 0 Å². The van der Waals surface area contributed by atoms with Crippen LogP contribution in [-0.2, 0) is 11.3 Å². The van der Waals surface area contributed by atoms with E-state index in [1.807, 2.05) is 0 Å².